The topological polar surface area (TPSA) is 57.0 Å². The monoisotopic (exact) mass is 339 g/mol. The predicted octanol–water partition coefficient (Wildman–Crippen LogP) is 3.83. The minimum absolute atomic E-state index is 0.282. The molecule has 3 aromatic rings. The fraction of sp³-hybridized carbons (Fsp3) is 0.167. The summed E-state index contributed by atoms with van der Waals surface area (Å²) in [5, 5.41) is 0. The van der Waals surface area contributed by atoms with Crippen LogP contribution < -0.4 is 0 Å². The lowest BCUT2D eigenvalue weighted by Crippen LogP contribution is -2.04. The van der Waals surface area contributed by atoms with E-state index in [1.54, 1.807) is 37.3 Å². The lowest BCUT2D eigenvalue weighted by atomic mass is 10.2. The molecule has 6 heteroatoms. The maximum Gasteiger partial charge on any atom is 0.358 e. The van der Waals surface area contributed by atoms with E-state index >= 15 is 0 Å². The minimum Gasteiger partial charge on any atom is -0.461 e. The van der Waals surface area contributed by atoms with Gasteiger partial charge in [0.05, 0.1) is 6.61 Å². The Balaban J connectivity index is 2.09. The van der Waals surface area contributed by atoms with Crippen molar-refractivity contribution in [3.8, 4) is 17.1 Å². The lowest BCUT2D eigenvalue weighted by molar-refractivity contribution is 0.0520. The van der Waals surface area contributed by atoms with E-state index in [-0.39, 0.29) is 5.69 Å². The molecule has 0 amide bonds. The van der Waals surface area contributed by atoms with Crippen LogP contribution in [-0.2, 0) is 4.74 Å². The van der Waals surface area contributed by atoms with Crippen LogP contribution in [0.5, 0.6) is 0 Å². The van der Waals surface area contributed by atoms with Crippen LogP contribution in [0.1, 0.15) is 17.4 Å². The molecule has 0 unspecified atom stereocenters. The number of thioether (sulfide) groups is 1. The number of ether oxygens (including phenoxy) is 1. The second kappa shape index (κ2) is 7.31. The second-order valence-corrected chi connectivity index (χ2v) is 5.86. The van der Waals surface area contributed by atoms with Crippen LogP contribution in [0.4, 0.5) is 0 Å². The van der Waals surface area contributed by atoms with Crippen LogP contribution in [0.2, 0.25) is 0 Å². The van der Waals surface area contributed by atoms with E-state index in [9.17, 15) is 4.79 Å². The Kier molecular flexibility index (Phi) is 4.96. The average Bonchev–Trinajstić information content (AvgIpc) is 3.08. The molecule has 0 aliphatic heterocycles. The molecule has 0 bridgehead atoms. The Bertz CT molecular complexity index is 829. The first kappa shape index (κ1) is 16.3. The highest BCUT2D eigenvalue weighted by Crippen LogP contribution is 2.24. The van der Waals surface area contributed by atoms with Crippen molar-refractivity contribution in [3.63, 3.8) is 0 Å². The maximum absolute atomic E-state index is 12.1. The molecule has 0 atom stereocenters. The van der Waals surface area contributed by atoms with Gasteiger partial charge in [-0.1, -0.05) is 0 Å². The molecule has 0 aliphatic carbocycles. The van der Waals surface area contributed by atoms with Crippen molar-refractivity contribution < 1.29 is 9.53 Å². The van der Waals surface area contributed by atoms with Gasteiger partial charge in [-0.3, -0.25) is 9.55 Å². The van der Waals surface area contributed by atoms with Gasteiger partial charge in [0.1, 0.15) is 5.82 Å². The predicted molar refractivity (Wildman–Crippen MR) is 94.5 cm³/mol. The molecule has 24 heavy (non-hydrogen) atoms. The van der Waals surface area contributed by atoms with Gasteiger partial charge < -0.3 is 4.74 Å². The number of carbonyl (C=O) groups is 1. The Morgan fingerprint density at radius 1 is 1.25 bits per heavy atom. The van der Waals surface area contributed by atoms with Crippen LogP contribution in [0.15, 0.2) is 59.9 Å². The number of hydrogen-bond donors (Lipinski definition) is 0. The number of pyridine rings is 1. The lowest BCUT2D eigenvalue weighted by Gasteiger charge is -2.08. The first-order chi connectivity index (χ1) is 11.7. The summed E-state index contributed by atoms with van der Waals surface area (Å²) in [6, 6.07) is 11.8. The standard InChI is InChI=1S/C18H17N3O2S/c1-3-23-18(22)16-12-21(14-6-8-15(24-2)9-7-14)17(20-16)13-5-4-10-19-11-13/h4-12H,3H2,1-2H3. The molecule has 0 spiro atoms. The number of benzene rings is 1. The molecule has 122 valence electrons. The molecule has 0 aliphatic rings. The quantitative estimate of drug-likeness (QED) is 0.522. The molecule has 2 aromatic heterocycles. The largest absolute Gasteiger partial charge is 0.461 e. The summed E-state index contributed by atoms with van der Waals surface area (Å²) in [5.41, 5.74) is 2.04. The molecule has 1 aromatic carbocycles. The van der Waals surface area contributed by atoms with Crippen molar-refractivity contribution in [2.45, 2.75) is 11.8 Å². The zero-order valence-corrected chi connectivity index (χ0v) is 14.3. The summed E-state index contributed by atoms with van der Waals surface area (Å²) in [5.74, 6) is 0.227. The Hall–Kier alpha value is -2.60. The van der Waals surface area contributed by atoms with E-state index in [1.807, 2.05) is 47.2 Å². The highest BCUT2D eigenvalue weighted by molar-refractivity contribution is 7.98. The van der Waals surface area contributed by atoms with E-state index in [1.165, 1.54) is 4.90 Å². The fourth-order valence-corrected chi connectivity index (χ4v) is 2.73. The normalized spacial score (nSPS) is 10.6. The van der Waals surface area contributed by atoms with Crippen molar-refractivity contribution in [2.24, 2.45) is 0 Å². The van der Waals surface area contributed by atoms with Crippen molar-refractivity contribution in [3.05, 3.63) is 60.7 Å². The smallest absolute Gasteiger partial charge is 0.358 e. The SMILES string of the molecule is CCOC(=O)c1cn(-c2ccc(SC)cc2)c(-c2cccnc2)n1. The van der Waals surface area contributed by atoms with Crippen LogP contribution in [-0.4, -0.2) is 33.4 Å². The van der Waals surface area contributed by atoms with Crippen molar-refractivity contribution in [1.29, 1.82) is 0 Å². The molecule has 0 saturated heterocycles. The van der Waals surface area contributed by atoms with Crippen LogP contribution in [0, 0.1) is 0 Å². The third kappa shape index (κ3) is 3.33. The second-order valence-electron chi connectivity index (χ2n) is 4.98. The molecular weight excluding hydrogens is 322 g/mol. The van der Waals surface area contributed by atoms with Crippen LogP contribution >= 0.6 is 11.8 Å². The third-order valence-electron chi connectivity index (χ3n) is 3.46. The van der Waals surface area contributed by atoms with Gasteiger partial charge in [0.25, 0.3) is 0 Å². The number of nitrogens with zero attached hydrogens (tertiary/aromatic N) is 3. The first-order valence-electron chi connectivity index (χ1n) is 7.54. The number of imidazole rings is 1. The van der Waals surface area contributed by atoms with Crippen molar-refractivity contribution in [1.82, 2.24) is 14.5 Å². The highest BCUT2D eigenvalue weighted by Gasteiger charge is 2.17. The first-order valence-corrected chi connectivity index (χ1v) is 8.76. The van der Waals surface area contributed by atoms with Gasteiger partial charge in [-0.15, -0.1) is 11.8 Å². The Morgan fingerprint density at radius 3 is 2.67 bits per heavy atom. The zero-order chi connectivity index (χ0) is 16.9. The molecule has 3 rings (SSSR count). The van der Waals surface area contributed by atoms with E-state index < -0.39 is 5.97 Å². The van der Waals surface area contributed by atoms with E-state index in [2.05, 4.69) is 9.97 Å². The van der Waals surface area contributed by atoms with Gasteiger partial charge in [-0.25, -0.2) is 9.78 Å². The number of rotatable bonds is 5. The minimum atomic E-state index is -0.429. The molecule has 0 N–H and O–H groups in total. The fourth-order valence-electron chi connectivity index (χ4n) is 2.32. The molecule has 2 heterocycles. The van der Waals surface area contributed by atoms with E-state index in [0.717, 1.165) is 11.3 Å². The Morgan fingerprint density at radius 2 is 2.04 bits per heavy atom. The maximum atomic E-state index is 12.1. The zero-order valence-electron chi connectivity index (χ0n) is 13.5. The summed E-state index contributed by atoms with van der Waals surface area (Å²) < 4.78 is 6.95. The van der Waals surface area contributed by atoms with Crippen molar-refractivity contribution >= 4 is 17.7 Å². The molecular formula is C18H17N3O2S. The van der Waals surface area contributed by atoms with Gasteiger partial charge in [-0.2, -0.15) is 0 Å². The van der Waals surface area contributed by atoms with Crippen molar-refractivity contribution in [2.75, 3.05) is 12.9 Å². The Labute approximate surface area is 144 Å². The van der Waals surface area contributed by atoms with Gasteiger partial charge in [0, 0.05) is 34.7 Å². The molecule has 0 radical (unpaired) electrons. The number of carbonyl (C=O) groups excluding carboxylic acids is 1. The van der Waals surface area contributed by atoms with Gasteiger partial charge in [0.15, 0.2) is 5.69 Å². The summed E-state index contributed by atoms with van der Waals surface area (Å²) in [4.78, 5) is 21.8. The summed E-state index contributed by atoms with van der Waals surface area (Å²) in [6.07, 6.45) is 7.17. The van der Waals surface area contributed by atoms with Crippen LogP contribution in [0.3, 0.4) is 0 Å². The summed E-state index contributed by atoms with van der Waals surface area (Å²) >= 11 is 1.68. The number of esters is 1. The third-order valence-corrected chi connectivity index (χ3v) is 4.20. The molecule has 5 nitrogen and oxygen atoms in total. The van der Waals surface area contributed by atoms with Crippen LogP contribution in [0.25, 0.3) is 17.1 Å². The summed E-state index contributed by atoms with van der Waals surface area (Å²) in [6.45, 7) is 2.09. The van der Waals surface area contributed by atoms with E-state index in [0.29, 0.717) is 12.4 Å². The van der Waals surface area contributed by atoms with Gasteiger partial charge in [0.2, 0.25) is 0 Å². The number of aromatic nitrogens is 3. The molecule has 0 saturated carbocycles. The average molecular weight is 339 g/mol. The summed E-state index contributed by atoms with van der Waals surface area (Å²) in [7, 11) is 0. The number of hydrogen-bond acceptors (Lipinski definition) is 5. The van der Waals surface area contributed by atoms with E-state index in [4.69, 9.17) is 4.74 Å². The molecule has 0 fully saturated rings. The van der Waals surface area contributed by atoms with Gasteiger partial charge in [-0.05, 0) is 49.6 Å². The highest BCUT2D eigenvalue weighted by atomic mass is 32.2. The van der Waals surface area contributed by atoms with Gasteiger partial charge >= 0.3 is 5.97 Å².